The maximum atomic E-state index is 13.7. The molecule has 0 aliphatic heterocycles. The van der Waals surface area contributed by atoms with Crippen molar-refractivity contribution in [3.05, 3.63) is 28.8 Å². The van der Waals surface area contributed by atoms with Gasteiger partial charge in [0.05, 0.1) is 0 Å². The van der Waals surface area contributed by atoms with Gasteiger partial charge in [0, 0.05) is 10.7 Å². The maximum absolute atomic E-state index is 13.7. The molecule has 0 aliphatic carbocycles. The number of aryl methyl sites for hydroxylation is 1. The summed E-state index contributed by atoms with van der Waals surface area (Å²) in [5.41, 5.74) is -0.966. The molecule has 0 bridgehead atoms. The number of nitrogens with one attached hydrogen (secondary N) is 1. The van der Waals surface area contributed by atoms with Gasteiger partial charge in [-0.05, 0) is 30.7 Å². The summed E-state index contributed by atoms with van der Waals surface area (Å²) in [6, 6.07) is 2.56. The highest BCUT2D eigenvalue weighted by Gasteiger charge is 2.91. The Hall–Kier alpha value is -1.93. The number of alkyl halides is 13. The minimum absolute atomic E-state index is 0.0665. The van der Waals surface area contributed by atoms with E-state index < -0.39 is 47.4 Å². The van der Waals surface area contributed by atoms with Crippen molar-refractivity contribution in [3.63, 3.8) is 0 Å². The molecule has 0 saturated carbocycles. The number of rotatable bonds is 6. The van der Waals surface area contributed by atoms with Crippen LogP contribution in [0, 0.1) is 6.92 Å². The standard InChI is InChI=1S/C14H7ClF13NO/c1-5-4-6(15)2-3-7(5)29-8(30)9(16,17)10(18,19)11(20,21)12(22,23)13(24,25)14(26,27)28/h2-4H,1H3,(H,29,30). The summed E-state index contributed by atoms with van der Waals surface area (Å²) in [5, 5.41) is 0.894. The van der Waals surface area contributed by atoms with Gasteiger partial charge in [0.25, 0.3) is 0 Å². The first kappa shape index (κ1) is 26.1. The SMILES string of the molecule is Cc1cc(Cl)ccc1NC(=O)C(F)(F)C(F)(F)C(F)(F)C(F)(F)C(F)(F)C(F)(F)F. The zero-order valence-electron chi connectivity index (χ0n) is 13.9. The molecule has 1 aromatic rings. The molecular weight excluding hydrogens is 481 g/mol. The highest BCUT2D eigenvalue weighted by molar-refractivity contribution is 6.30. The van der Waals surface area contributed by atoms with Gasteiger partial charge in [-0.15, -0.1) is 0 Å². The van der Waals surface area contributed by atoms with Crippen molar-refractivity contribution in [2.45, 2.75) is 42.7 Å². The van der Waals surface area contributed by atoms with E-state index in [0.717, 1.165) is 24.4 Å². The van der Waals surface area contributed by atoms with Crippen LogP contribution in [0.3, 0.4) is 0 Å². The van der Waals surface area contributed by atoms with E-state index >= 15 is 0 Å². The molecule has 16 heteroatoms. The van der Waals surface area contributed by atoms with Crippen LogP contribution in [0.5, 0.6) is 0 Å². The van der Waals surface area contributed by atoms with Crippen LogP contribution in [0.4, 0.5) is 62.8 Å². The van der Waals surface area contributed by atoms with Crippen molar-refractivity contribution in [2.24, 2.45) is 0 Å². The average Bonchev–Trinajstić information content (AvgIpc) is 2.55. The normalized spacial score (nSPS) is 14.6. The van der Waals surface area contributed by atoms with Crippen LogP contribution in [-0.4, -0.2) is 41.7 Å². The number of hydrogen-bond donors (Lipinski definition) is 1. The summed E-state index contributed by atoms with van der Waals surface area (Å²) in [6.45, 7) is 1.05. The Labute approximate surface area is 163 Å². The minimum Gasteiger partial charge on any atom is -0.320 e. The van der Waals surface area contributed by atoms with E-state index in [0.29, 0.717) is 6.07 Å². The summed E-state index contributed by atoms with van der Waals surface area (Å²) >= 11 is 5.48. The van der Waals surface area contributed by atoms with Crippen LogP contribution < -0.4 is 5.32 Å². The molecule has 172 valence electrons. The molecule has 0 spiro atoms. The van der Waals surface area contributed by atoms with Crippen molar-refractivity contribution >= 4 is 23.2 Å². The fourth-order valence-corrected chi connectivity index (χ4v) is 2.11. The van der Waals surface area contributed by atoms with E-state index in [-0.39, 0.29) is 10.6 Å². The van der Waals surface area contributed by atoms with Gasteiger partial charge in [-0.1, -0.05) is 11.6 Å². The number of hydrogen-bond acceptors (Lipinski definition) is 1. The Morgan fingerprint density at radius 1 is 0.767 bits per heavy atom. The smallest absolute Gasteiger partial charge is 0.320 e. The summed E-state index contributed by atoms with van der Waals surface area (Å²) < 4.78 is 169. The first-order valence-electron chi connectivity index (χ1n) is 7.09. The zero-order valence-corrected chi connectivity index (χ0v) is 14.7. The van der Waals surface area contributed by atoms with Gasteiger partial charge in [-0.2, -0.15) is 57.1 Å². The lowest BCUT2D eigenvalue weighted by molar-refractivity contribution is -0.435. The molecule has 0 radical (unpaired) electrons. The zero-order chi connectivity index (χ0) is 24.1. The number of amides is 1. The molecule has 1 amide bonds. The Morgan fingerprint density at radius 3 is 1.60 bits per heavy atom. The first-order chi connectivity index (χ1) is 13.1. The van der Waals surface area contributed by atoms with E-state index in [1.807, 2.05) is 0 Å². The van der Waals surface area contributed by atoms with Gasteiger partial charge in [0.2, 0.25) is 0 Å². The molecule has 0 aliphatic rings. The van der Waals surface area contributed by atoms with Crippen molar-refractivity contribution in [3.8, 4) is 0 Å². The molecule has 1 N–H and O–H groups in total. The van der Waals surface area contributed by atoms with E-state index in [2.05, 4.69) is 0 Å². The maximum Gasteiger partial charge on any atom is 0.460 e. The lowest BCUT2D eigenvalue weighted by atomic mass is 9.93. The van der Waals surface area contributed by atoms with Crippen LogP contribution in [0.1, 0.15) is 5.56 Å². The van der Waals surface area contributed by atoms with Crippen molar-refractivity contribution in [2.75, 3.05) is 5.32 Å². The number of anilines is 1. The highest BCUT2D eigenvalue weighted by Crippen LogP contribution is 2.60. The van der Waals surface area contributed by atoms with E-state index in [4.69, 9.17) is 11.6 Å². The van der Waals surface area contributed by atoms with E-state index in [1.54, 1.807) is 0 Å². The number of halogens is 14. The third-order valence-electron chi connectivity index (χ3n) is 3.66. The second kappa shape index (κ2) is 7.34. The fraction of sp³-hybridized carbons (Fsp3) is 0.500. The number of carbonyl (C=O) groups is 1. The third kappa shape index (κ3) is 3.75. The van der Waals surface area contributed by atoms with Crippen LogP contribution in [0.15, 0.2) is 18.2 Å². The largest absolute Gasteiger partial charge is 0.460 e. The molecule has 0 atom stereocenters. The summed E-state index contributed by atoms with van der Waals surface area (Å²) in [4.78, 5) is 11.4. The predicted octanol–water partition coefficient (Wildman–Crippen LogP) is 6.33. The second-order valence-corrected chi connectivity index (χ2v) is 6.22. The highest BCUT2D eigenvalue weighted by atomic mass is 35.5. The van der Waals surface area contributed by atoms with Crippen LogP contribution in [-0.2, 0) is 4.79 Å². The quantitative estimate of drug-likeness (QED) is 0.467. The van der Waals surface area contributed by atoms with Crippen molar-refractivity contribution in [1.82, 2.24) is 0 Å². The van der Waals surface area contributed by atoms with Gasteiger partial charge in [0.15, 0.2) is 0 Å². The predicted molar refractivity (Wildman–Crippen MR) is 75.6 cm³/mol. The van der Waals surface area contributed by atoms with Gasteiger partial charge in [-0.3, -0.25) is 4.79 Å². The molecule has 2 nitrogen and oxygen atoms in total. The lowest BCUT2D eigenvalue weighted by Gasteiger charge is -2.39. The molecular formula is C14H7ClF13NO. The van der Waals surface area contributed by atoms with Gasteiger partial charge < -0.3 is 5.32 Å². The van der Waals surface area contributed by atoms with Crippen molar-refractivity contribution < 1.29 is 61.9 Å². The Balaban J connectivity index is 3.42. The van der Waals surface area contributed by atoms with E-state index in [9.17, 15) is 61.9 Å². The topological polar surface area (TPSA) is 29.1 Å². The van der Waals surface area contributed by atoms with Gasteiger partial charge in [-0.25, -0.2) is 0 Å². The Morgan fingerprint density at radius 2 is 1.20 bits per heavy atom. The molecule has 0 heterocycles. The summed E-state index contributed by atoms with van der Waals surface area (Å²) in [6.07, 6.45) is -7.52. The van der Waals surface area contributed by atoms with E-state index in [1.165, 1.54) is 0 Å². The van der Waals surface area contributed by atoms with Gasteiger partial charge >= 0.3 is 41.7 Å². The van der Waals surface area contributed by atoms with Crippen LogP contribution in [0.2, 0.25) is 5.02 Å². The lowest BCUT2D eigenvalue weighted by Crippen LogP contribution is -2.71. The second-order valence-electron chi connectivity index (χ2n) is 5.78. The Kier molecular flexibility index (Phi) is 6.39. The molecule has 0 aromatic heterocycles. The average molecular weight is 488 g/mol. The third-order valence-corrected chi connectivity index (χ3v) is 3.89. The molecule has 1 rings (SSSR count). The number of carbonyl (C=O) groups excluding carboxylic acids is 1. The number of benzene rings is 1. The van der Waals surface area contributed by atoms with Crippen LogP contribution in [0.25, 0.3) is 0 Å². The molecule has 0 saturated heterocycles. The van der Waals surface area contributed by atoms with Gasteiger partial charge in [0.1, 0.15) is 0 Å². The van der Waals surface area contributed by atoms with Crippen LogP contribution >= 0.6 is 11.6 Å². The summed E-state index contributed by atoms with van der Waals surface area (Å²) in [7, 11) is 0. The fourth-order valence-electron chi connectivity index (χ4n) is 1.88. The molecule has 0 fully saturated rings. The minimum atomic E-state index is -8.07. The molecule has 1 aromatic carbocycles. The molecule has 0 unspecified atom stereocenters. The summed E-state index contributed by atoms with van der Waals surface area (Å²) in [5.74, 6) is -41.9. The molecule has 30 heavy (non-hydrogen) atoms. The Bertz CT molecular complexity index is 819. The van der Waals surface area contributed by atoms with Crippen molar-refractivity contribution in [1.29, 1.82) is 0 Å². The monoisotopic (exact) mass is 487 g/mol. The first-order valence-corrected chi connectivity index (χ1v) is 7.47.